The van der Waals surface area contributed by atoms with Crippen molar-refractivity contribution in [3.63, 3.8) is 0 Å². The first kappa shape index (κ1) is 21.9. The van der Waals surface area contributed by atoms with E-state index in [4.69, 9.17) is 0 Å². The second-order valence-electron chi connectivity index (χ2n) is 8.95. The first-order valence-electron chi connectivity index (χ1n) is 11.3. The van der Waals surface area contributed by atoms with Crippen LogP contribution in [0.4, 0.5) is 4.39 Å². The van der Waals surface area contributed by atoms with Crippen molar-refractivity contribution in [3.05, 3.63) is 71.2 Å². The summed E-state index contributed by atoms with van der Waals surface area (Å²) in [4.78, 5) is 38.2. The third-order valence-corrected chi connectivity index (χ3v) is 6.97. The maximum Gasteiger partial charge on any atom is 0.255 e. The Bertz CT molecular complexity index is 1300. The quantitative estimate of drug-likeness (QED) is 0.589. The van der Waals surface area contributed by atoms with Gasteiger partial charge in [-0.1, -0.05) is 30.3 Å². The third kappa shape index (κ3) is 3.57. The van der Waals surface area contributed by atoms with Crippen LogP contribution < -0.4 is 5.32 Å². The molecule has 1 saturated heterocycles. The van der Waals surface area contributed by atoms with Gasteiger partial charge in [0, 0.05) is 24.1 Å². The van der Waals surface area contributed by atoms with Gasteiger partial charge in [0.2, 0.25) is 11.8 Å². The minimum absolute atomic E-state index is 0.213. The van der Waals surface area contributed by atoms with E-state index in [1.165, 1.54) is 17.0 Å². The Hall–Kier alpha value is -3.88. The zero-order valence-electron chi connectivity index (χ0n) is 18.9. The molecular formula is C25H24FN5O3. The van der Waals surface area contributed by atoms with E-state index in [0.717, 1.165) is 23.1 Å². The fourth-order valence-corrected chi connectivity index (χ4v) is 4.68. The molecule has 1 fully saturated rings. The number of hydrogen-bond donors (Lipinski definition) is 1. The molecule has 2 atom stereocenters. The number of amides is 3. The Morgan fingerprint density at radius 2 is 1.91 bits per heavy atom. The largest absolute Gasteiger partial charge is 0.322 e. The SMILES string of the molecule is CCC(C)(c1ccc(F)cc1)n1cc(-c2ccc3c(c2)CN(C2CCC(=O)NC2=O)C3=O)nn1. The summed E-state index contributed by atoms with van der Waals surface area (Å²) < 4.78 is 15.2. The summed E-state index contributed by atoms with van der Waals surface area (Å²) in [5.74, 6) is -1.24. The molecule has 0 bridgehead atoms. The average molecular weight is 461 g/mol. The van der Waals surface area contributed by atoms with Crippen LogP contribution in [0.2, 0.25) is 0 Å². The molecule has 0 aliphatic carbocycles. The number of fused-ring (bicyclic) bond motifs is 1. The van der Waals surface area contributed by atoms with Gasteiger partial charge in [0.05, 0.1) is 11.7 Å². The van der Waals surface area contributed by atoms with Crippen molar-refractivity contribution in [2.75, 3.05) is 0 Å². The molecular weight excluding hydrogens is 437 g/mol. The smallest absolute Gasteiger partial charge is 0.255 e. The predicted molar refractivity (Wildman–Crippen MR) is 121 cm³/mol. The molecule has 9 heteroatoms. The molecule has 1 aromatic heterocycles. The molecule has 0 spiro atoms. The summed E-state index contributed by atoms with van der Waals surface area (Å²) in [6, 6.07) is 11.2. The van der Waals surface area contributed by atoms with Crippen LogP contribution in [0.25, 0.3) is 11.3 Å². The van der Waals surface area contributed by atoms with Crippen LogP contribution in [0.5, 0.6) is 0 Å². The second-order valence-corrected chi connectivity index (χ2v) is 8.95. The van der Waals surface area contributed by atoms with E-state index < -0.39 is 17.5 Å². The van der Waals surface area contributed by atoms with Crippen molar-refractivity contribution in [2.45, 2.75) is 51.2 Å². The molecule has 0 radical (unpaired) electrons. The number of nitrogens with one attached hydrogen (secondary N) is 1. The zero-order valence-corrected chi connectivity index (χ0v) is 18.9. The standard InChI is InChI=1S/C25H24FN5O3/c1-3-25(2,17-5-7-18(26)8-6-17)31-14-20(28-29-31)15-4-9-19-16(12-15)13-30(24(19)34)21-10-11-22(32)27-23(21)33/h4-9,12,14,21H,3,10-11,13H2,1-2H3,(H,27,32,33). The van der Waals surface area contributed by atoms with Gasteiger partial charge in [0.15, 0.2) is 0 Å². The van der Waals surface area contributed by atoms with Gasteiger partial charge in [0.25, 0.3) is 5.91 Å². The molecule has 8 nitrogen and oxygen atoms in total. The number of carbonyl (C=O) groups excluding carboxylic acids is 3. The highest BCUT2D eigenvalue weighted by Gasteiger charge is 2.39. The molecule has 2 aliphatic heterocycles. The van der Waals surface area contributed by atoms with Crippen molar-refractivity contribution in [1.29, 1.82) is 0 Å². The Morgan fingerprint density at radius 1 is 1.15 bits per heavy atom. The van der Waals surface area contributed by atoms with Crippen molar-refractivity contribution < 1.29 is 18.8 Å². The van der Waals surface area contributed by atoms with E-state index in [0.29, 0.717) is 24.2 Å². The molecule has 34 heavy (non-hydrogen) atoms. The fourth-order valence-electron chi connectivity index (χ4n) is 4.68. The van der Waals surface area contributed by atoms with Crippen LogP contribution >= 0.6 is 0 Å². The summed E-state index contributed by atoms with van der Waals surface area (Å²) in [5.41, 5.74) is 3.22. The number of aromatic nitrogens is 3. The number of nitrogens with zero attached hydrogens (tertiary/aromatic N) is 4. The summed E-state index contributed by atoms with van der Waals surface area (Å²) in [5, 5.41) is 11.0. The number of hydrogen-bond acceptors (Lipinski definition) is 5. The summed E-state index contributed by atoms with van der Waals surface area (Å²) in [6.07, 6.45) is 3.12. The van der Waals surface area contributed by atoms with Gasteiger partial charge < -0.3 is 4.90 Å². The highest BCUT2D eigenvalue weighted by atomic mass is 19.1. The third-order valence-electron chi connectivity index (χ3n) is 6.97. The minimum Gasteiger partial charge on any atom is -0.322 e. The molecule has 1 N–H and O–H groups in total. The molecule has 174 valence electrons. The Kier molecular flexibility index (Phi) is 5.27. The Morgan fingerprint density at radius 3 is 2.62 bits per heavy atom. The lowest BCUT2D eigenvalue weighted by molar-refractivity contribution is -0.136. The van der Waals surface area contributed by atoms with Crippen molar-refractivity contribution in [2.24, 2.45) is 0 Å². The number of rotatable bonds is 5. The van der Waals surface area contributed by atoms with Crippen LogP contribution in [0.3, 0.4) is 0 Å². The molecule has 0 saturated carbocycles. The first-order chi connectivity index (χ1) is 16.3. The number of piperidine rings is 1. The molecule has 2 unspecified atom stereocenters. The fraction of sp³-hybridized carbons (Fsp3) is 0.320. The lowest BCUT2D eigenvalue weighted by Crippen LogP contribution is -2.52. The summed E-state index contributed by atoms with van der Waals surface area (Å²) in [6.45, 7) is 4.36. The molecule has 3 aromatic rings. The maximum atomic E-state index is 13.4. The monoisotopic (exact) mass is 461 g/mol. The van der Waals surface area contributed by atoms with Crippen molar-refractivity contribution in [3.8, 4) is 11.3 Å². The van der Waals surface area contributed by atoms with Crippen LogP contribution in [0, 0.1) is 5.82 Å². The average Bonchev–Trinajstić information content (AvgIpc) is 3.45. The lowest BCUT2D eigenvalue weighted by Gasteiger charge is -2.29. The van der Waals surface area contributed by atoms with E-state index in [1.54, 1.807) is 22.9 Å². The molecule has 2 aromatic carbocycles. The topological polar surface area (TPSA) is 97.2 Å². The van der Waals surface area contributed by atoms with Gasteiger partial charge in [-0.05, 0) is 55.2 Å². The maximum absolute atomic E-state index is 13.4. The lowest BCUT2D eigenvalue weighted by atomic mass is 9.89. The van der Waals surface area contributed by atoms with E-state index in [1.807, 2.05) is 32.2 Å². The van der Waals surface area contributed by atoms with Crippen LogP contribution in [-0.4, -0.2) is 43.7 Å². The highest BCUT2D eigenvalue weighted by Crippen LogP contribution is 2.33. The Balaban J connectivity index is 1.41. The highest BCUT2D eigenvalue weighted by molar-refractivity contribution is 6.05. The molecule has 2 aliphatic rings. The second kappa shape index (κ2) is 8.16. The Labute approximate surface area is 195 Å². The number of imide groups is 1. The normalized spacial score (nSPS) is 19.7. The van der Waals surface area contributed by atoms with Crippen LogP contribution in [-0.2, 0) is 21.7 Å². The van der Waals surface area contributed by atoms with Gasteiger partial charge in [-0.3, -0.25) is 19.7 Å². The van der Waals surface area contributed by atoms with Gasteiger partial charge in [-0.15, -0.1) is 5.10 Å². The van der Waals surface area contributed by atoms with Gasteiger partial charge in [0.1, 0.15) is 17.6 Å². The van der Waals surface area contributed by atoms with Crippen molar-refractivity contribution in [1.82, 2.24) is 25.2 Å². The predicted octanol–water partition coefficient (Wildman–Crippen LogP) is 3.02. The molecule has 5 rings (SSSR count). The number of halogens is 1. The van der Waals surface area contributed by atoms with Crippen LogP contribution in [0.15, 0.2) is 48.7 Å². The summed E-state index contributed by atoms with van der Waals surface area (Å²) in [7, 11) is 0. The first-order valence-corrected chi connectivity index (χ1v) is 11.3. The van der Waals surface area contributed by atoms with E-state index >= 15 is 0 Å². The van der Waals surface area contributed by atoms with E-state index in [2.05, 4.69) is 15.6 Å². The number of carbonyl (C=O) groups is 3. The minimum atomic E-state index is -0.650. The molecule has 3 heterocycles. The van der Waals surface area contributed by atoms with E-state index in [-0.39, 0.29) is 24.1 Å². The van der Waals surface area contributed by atoms with Gasteiger partial charge in [-0.2, -0.15) is 0 Å². The number of benzene rings is 2. The van der Waals surface area contributed by atoms with Gasteiger partial charge in [-0.25, -0.2) is 9.07 Å². The zero-order chi connectivity index (χ0) is 24.0. The molecule has 3 amide bonds. The van der Waals surface area contributed by atoms with E-state index in [9.17, 15) is 18.8 Å². The van der Waals surface area contributed by atoms with Crippen LogP contribution in [0.1, 0.15) is 54.6 Å². The van der Waals surface area contributed by atoms with Crippen molar-refractivity contribution >= 4 is 17.7 Å². The summed E-state index contributed by atoms with van der Waals surface area (Å²) >= 11 is 0. The van der Waals surface area contributed by atoms with Gasteiger partial charge >= 0.3 is 0 Å².